The first-order valence-corrected chi connectivity index (χ1v) is 4.26. The van der Waals surface area contributed by atoms with Gasteiger partial charge in [-0.15, -0.1) is 0 Å². The van der Waals surface area contributed by atoms with E-state index in [1.54, 1.807) is 18.2 Å². The largest absolute Gasteiger partial charge is 0.416 e. The summed E-state index contributed by atoms with van der Waals surface area (Å²) in [4.78, 5) is 0. The van der Waals surface area contributed by atoms with Gasteiger partial charge in [-0.25, -0.2) is 0 Å². The van der Waals surface area contributed by atoms with Crippen LogP contribution in [-0.4, -0.2) is 0 Å². The molecule has 0 saturated carbocycles. The molecular formula is C12H10F3. The Labute approximate surface area is 86.7 Å². The van der Waals surface area contributed by atoms with Crippen molar-refractivity contribution in [1.29, 1.82) is 0 Å². The molecule has 0 aliphatic carbocycles. The molecular weight excluding hydrogens is 201 g/mol. The van der Waals surface area contributed by atoms with Crippen LogP contribution >= 0.6 is 0 Å². The Morgan fingerprint density at radius 1 is 1.27 bits per heavy atom. The van der Waals surface area contributed by atoms with Crippen LogP contribution in [0.25, 0.3) is 6.08 Å². The van der Waals surface area contributed by atoms with Crippen LogP contribution in [0.15, 0.2) is 42.5 Å². The van der Waals surface area contributed by atoms with E-state index in [1.165, 1.54) is 6.07 Å². The Morgan fingerprint density at radius 2 is 1.93 bits per heavy atom. The summed E-state index contributed by atoms with van der Waals surface area (Å²) in [6.07, 6.45) is -1.19. The van der Waals surface area contributed by atoms with Crippen LogP contribution < -0.4 is 0 Å². The Morgan fingerprint density at radius 3 is 2.47 bits per heavy atom. The summed E-state index contributed by atoms with van der Waals surface area (Å²) >= 11 is 0. The first-order chi connectivity index (χ1) is 6.89. The molecule has 0 aliphatic heterocycles. The molecule has 15 heavy (non-hydrogen) atoms. The third kappa shape index (κ3) is 3.62. The summed E-state index contributed by atoms with van der Waals surface area (Å²) in [5.41, 5.74) is 0.376. The predicted molar refractivity (Wildman–Crippen MR) is 55.0 cm³/mol. The molecule has 3 heteroatoms. The molecule has 1 radical (unpaired) electrons. The van der Waals surface area contributed by atoms with Crippen molar-refractivity contribution in [3.8, 4) is 0 Å². The maximum absolute atomic E-state index is 12.3. The highest BCUT2D eigenvalue weighted by molar-refractivity contribution is 5.54. The van der Waals surface area contributed by atoms with Gasteiger partial charge in [0.2, 0.25) is 0 Å². The highest BCUT2D eigenvalue weighted by atomic mass is 19.4. The van der Waals surface area contributed by atoms with Crippen molar-refractivity contribution in [2.75, 3.05) is 0 Å². The smallest absolute Gasteiger partial charge is 0.166 e. The van der Waals surface area contributed by atoms with Crippen molar-refractivity contribution >= 4 is 6.08 Å². The van der Waals surface area contributed by atoms with Crippen molar-refractivity contribution < 1.29 is 13.2 Å². The molecule has 79 valence electrons. The number of halogens is 3. The number of hydrogen-bond donors (Lipinski definition) is 0. The van der Waals surface area contributed by atoms with E-state index in [1.807, 2.05) is 0 Å². The van der Waals surface area contributed by atoms with Gasteiger partial charge in [-0.2, -0.15) is 13.2 Å². The first kappa shape index (κ1) is 11.6. The van der Waals surface area contributed by atoms with Crippen molar-refractivity contribution in [3.63, 3.8) is 0 Å². The van der Waals surface area contributed by atoms with Gasteiger partial charge in [0.15, 0.2) is 0 Å². The molecule has 0 N–H and O–H groups in total. The Balaban J connectivity index is 2.98. The van der Waals surface area contributed by atoms with E-state index >= 15 is 0 Å². The summed E-state index contributed by atoms with van der Waals surface area (Å²) in [5, 5.41) is 0. The lowest BCUT2D eigenvalue weighted by Crippen LogP contribution is -2.04. The molecule has 0 atom stereocenters. The first-order valence-electron chi connectivity index (χ1n) is 4.26. The van der Waals surface area contributed by atoms with Gasteiger partial charge in [-0.3, -0.25) is 0 Å². The van der Waals surface area contributed by atoms with Crippen molar-refractivity contribution in [1.82, 2.24) is 0 Å². The third-order valence-electron chi connectivity index (χ3n) is 1.73. The summed E-state index contributed by atoms with van der Waals surface area (Å²) < 4.78 is 36.9. The van der Waals surface area contributed by atoms with Crippen LogP contribution in [0.3, 0.4) is 0 Å². The van der Waals surface area contributed by atoms with Gasteiger partial charge < -0.3 is 0 Å². The summed E-state index contributed by atoms with van der Waals surface area (Å²) in [6.45, 7) is 7.04. The van der Waals surface area contributed by atoms with Gasteiger partial charge in [0.1, 0.15) is 0 Å². The average molecular weight is 211 g/mol. The minimum absolute atomic E-state index is 0.481. The molecule has 0 aromatic heterocycles. The number of allylic oxidation sites excluding steroid dienone is 2. The van der Waals surface area contributed by atoms with E-state index in [0.29, 0.717) is 11.1 Å². The molecule has 1 aromatic rings. The maximum atomic E-state index is 12.3. The molecule has 0 amide bonds. The lowest BCUT2D eigenvalue weighted by molar-refractivity contribution is -0.137. The van der Waals surface area contributed by atoms with Crippen LogP contribution in [0, 0.1) is 6.92 Å². The van der Waals surface area contributed by atoms with E-state index in [0.717, 1.165) is 12.1 Å². The van der Waals surface area contributed by atoms with Crippen molar-refractivity contribution in [3.05, 3.63) is 60.5 Å². The fraction of sp³-hybridized carbons (Fsp3) is 0.0833. The standard InChI is InChI=1S/C12H10F3/c1-9(2)6-7-10-4-3-5-11(8-10)12(13,14)15/h3-8H,1-2H2. The number of rotatable bonds is 2. The molecule has 0 fully saturated rings. The minimum Gasteiger partial charge on any atom is -0.166 e. The van der Waals surface area contributed by atoms with Gasteiger partial charge in [0, 0.05) is 0 Å². The third-order valence-corrected chi connectivity index (χ3v) is 1.73. The topological polar surface area (TPSA) is 0 Å². The zero-order valence-corrected chi connectivity index (χ0v) is 8.01. The van der Waals surface area contributed by atoms with E-state index in [2.05, 4.69) is 13.5 Å². The van der Waals surface area contributed by atoms with Crippen LogP contribution in [0.1, 0.15) is 11.1 Å². The zero-order valence-electron chi connectivity index (χ0n) is 8.01. The Kier molecular flexibility index (Phi) is 3.35. The number of benzene rings is 1. The second-order valence-corrected chi connectivity index (χ2v) is 3.11. The quantitative estimate of drug-likeness (QED) is 0.646. The lowest BCUT2D eigenvalue weighted by atomic mass is 10.1. The fourth-order valence-electron chi connectivity index (χ4n) is 1.03. The molecule has 0 heterocycles. The van der Waals surface area contributed by atoms with Crippen LogP contribution in [-0.2, 0) is 6.18 Å². The number of hydrogen-bond acceptors (Lipinski definition) is 0. The predicted octanol–water partition coefficient (Wildman–Crippen LogP) is 4.11. The molecule has 0 aliphatic rings. The monoisotopic (exact) mass is 211 g/mol. The van der Waals surface area contributed by atoms with E-state index in [-0.39, 0.29) is 0 Å². The highest BCUT2D eigenvalue weighted by Gasteiger charge is 2.30. The summed E-state index contributed by atoms with van der Waals surface area (Å²) in [6, 6.07) is 5.08. The minimum atomic E-state index is -4.30. The fourth-order valence-corrected chi connectivity index (χ4v) is 1.03. The SMILES string of the molecule is [CH2]C(=C)C=Cc1cccc(C(F)(F)F)c1. The molecule has 1 aromatic carbocycles. The molecule has 0 bridgehead atoms. The van der Waals surface area contributed by atoms with Gasteiger partial charge >= 0.3 is 6.18 Å². The van der Waals surface area contributed by atoms with Gasteiger partial charge in [0.05, 0.1) is 5.56 Å². The van der Waals surface area contributed by atoms with Crippen LogP contribution in [0.5, 0.6) is 0 Å². The zero-order chi connectivity index (χ0) is 11.5. The Bertz CT molecular complexity index is 386. The van der Waals surface area contributed by atoms with E-state index in [4.69, 9.17) is 0 Å². The molecule has 0 saturated heterocycles. The van der Waals surface area contributed by atoms with Crippen molar-refractivity contribution in [2.24, 2.45) is 0 Å². The van der Waals surface area contributed by atoms with E-state index < -0.39 is 11.7 Å². The summed E-state index contributed by atoms with van der Waals surface area (Å²) in [5.74, 6) is 0. The second kappa shape index (κ2) is 4.34. The molecule has 0 nitrogen and oxygen atoms in total. The Hall–Kier alpha value is -1.51. The molecule has 0 unspecified atom stereocenters. The second-order valence-electron chi connectivity index (χ2n) is 3.11. The van der Waals surface area contributed by atoms with Crippen molar-refractivity contribution in [2.45, 2.75) is 6.18 Å². The average Bonchev–Trinajstić information content (AvgIpc) is 2.14. The number of alkyl halides is 3. The normalized spacial score (nSPS) is 12.0. The van der Waals surface area contributed by atoms with Gasteiger partial charge in [-0.1, -0.05) is 36.4 Å². The molecule has 1 rings (SSSR count). The highest BCUT2D eigenvalue weighted by Crippen LogP contribution is 2.29. The van der Waals surface area contributed by atoms with Gasteiger partial charge in [-0.05, 0) is 24.6 Å². The lowest BCUT2D eigenvalue weighted by Gasteiger charge is -2.06. The molecule has 0 spiro atoms. The van der Waals surface area contributed by atoms with Gasteiger partial charge in [0.25, 0.3) is 0 Å². The van der Waals surface area contributed by atoms with Crippen LogP contribution in [0.4, 0.5) is 13.2 Å². The van der Waals surface area contributed by atoms with E-state index in [9.17, 15) is 13.2 Å². The maximum Gasteiger partial charge on any atom is 0.416 e. The summed E-state index contributed by atoms with van der Waals surface area (Å²) in [7, 11) is 0. The van der Waals surface area contributed by atoms with Crippen LogP contribution in [0.2, 0.25) is 0 Å².